The predicted molar refractivity (Wildman–Crippen MR) is 122 cm³/mol. The van der Waals surface area contributed by atoms with Crippen LogP contribution in [-0.2, 0) is 4.79 Å². The summed E-state index contributed by atoms with van der Waals surface area (Å²) in [5.41, 5.74) is 4.33. The van der Waals surface area contributed by atoms with E-state index in [1.807, 2.05) is 27.7 Å². The number of nitrogens with one attached hydrogen (secondary N) is 3. The van der Waals surface area contributed by atoms with Crippen molar-refractivity contribution in [3.8, 4) is 0 Å². The van der Waals surface area contributed by atoms with Gasteiger partial charge in [0.15, 0.2) is 0 Å². The van der Waals surface area contributed by atoms with Crippen LogP contribution in [0.2, 0.25) is 0 Å². The second kappa shape index (κ2) is 18.0. The summed E-state index contributed by atoms with van der Waals surface area (Å²) < 4.78 is 0. The van der Waals surface area contributed by atoms with Crippen molar-refractivity contribution in [3.63, 3.8) is 0 Å². The highest BCUT2D eigenvalue weighted by molar-refractivity contribution is 5.95. The van der Waals surface area contributed by atoms with Crippen LogP contribution in [0.4, 0.5) is 5.69 Å². The fraction of sp³-hybridized carbons (Fsp3) is 0.696. The monoisotopic (exact) mass is 379 g/mol. The lowest BCUT2D eigenvalue weighted by Crippen LogP contribution is -2.49. The fourth-order valence-corrected chi connectivity index (χ4v) is 2.52. The average Bonchev–Trinajstić information content (AvgIpc) is 2.66. The number of rotatable bonds is 9. The zero-order valence-corrected chi connectivity index (χ0v) is 19.4. The van der Waals surface area contributed by atoms with Crippen LogP contribution in [-0.4, -0.2) is 25.7 Å². The Labute approximate surface area is 168 Å². The van der Waals surface area contributed by atoms with Gasteiger partial charge >= 0.3 is 0 Å². The number of amides is 1. The first-order chi connectivity index (χ1) is 12.9. The van der Waals surface area contributed by atoms with Crippen LogP contribution < -0.4 is 16.0 Å². The molecule has 0 bridgehead atoms. The van der Waals surface area contributed by atoms with Gasteiger partial charge in [-0.25, -0.2) is 0 Å². The third-order valence-corrected chi connectivity index (χ3v) is 4.10. The van der Waals surface area contributed by atoms with E-state index in [2.05, 4.69) is 55.8 Å². The van der Waals surface area contributed by atoms with E-state index in [4.69, 9.17) is 0 Å². The minimum absolute atomic E-state index is 0.0379. The fourth-order valence-electron chi connectivity index (χ4n) is 2.52. The third-order valence-electron chi connectivity index (χ3n) is 4.10. The largest absolute Gasteiger partial charge is 0.323 e. The van der Waals surface area contributed by atoms with E-state index in [-0.39, 0.29) is 12.1 Å². The lowest BCUT2D eigenvalue weighted by Gasteiger charge is -2.19. The molecular formula is C23H45N3O. The Morgan fingerprint density at radius 2 is 1.44 bits per heavy atom. The summed E-state index contributed by atoms with van der Waals surface area (Å²) in [6.45, 7) is 17.5. The van der Waals surface area contributed by atoms with Gasteiger partial charge in [-0.2, -0.15) is 0 Å². The highest BCUT2D eigenvalue weighted by atomic mass is 16.2. The van der Waals surface area contributed by atoms with Crippen molar-refractivity contribution in [2.24, 2.45) is 0 Å². The maximum absolute atomic E-state index is 12.4. The minimum atomic E-state index is -0.359. The van der Waals surface area contributed by atoms with Gasteiger partial charge in [0.25, 0.3) is 5.91 Å². The summed E-state index contributed by atoms with van der Waals surface area (Å²) in [7, 11) is 1.80. The quantitative estimate of drug-likeness (QED) is 0.380. The van der Waals surface area contributed by atoms with Crippen LogP contribution in [0.1, 0.15) is 83.4 Å². The standard InChI is InChI=1S/C17H29N3O.C4H10.C2H6/c1-6-7-8-9-19-16(18-5)17(21)20-15-13(3)10-12(2)11-14(15)4;1-3-4-2;1-2/h10-11,16,18-19H,6-9H2,1-5H3,(H,20,21);3-4H2,1-2H3;1-2H3. The molecule has 0 spiro atoms. The van der Waals surface area contributed by atoms with Gasteiger partial charge in [0, 0.05) is 5.69 Å². The zero-order chi connectivity index (χ0) is 21.2. The highest BCUT2D eigenvalue weighted by Gasteiger charge is 2.17. The van der Waals surface area contributed by atoms with Gasteiger partial charge in [-0.1, -0.05) is 78.0 Å². The Kier molecular flexibility index (Phi) is 18.5. The van der Waals surface area contributed by atoms with E-state index in [0.717, 1.165) is 29.8 Å². The van der Waals surface area contributed by atoms with E-state index in [1.54, 1.807) is 7.05 Å². The summed E-state index contributed by atoms with van der Waals surface area (Å²) >= 11 is 0. The first-order valence-corrected chi connectivity index (χ1v) is 10.7. The van der Waals surface area contributed by atoms with Crippen LogP contribution in [0.5, 0.6) is 0 Å². The second-order valence-electron chi connectivity index (χ2n) is 6.65. The molecule has 0 aliphatic carbocycles. The molecule has 0 radical (unpaired) electrons. The molecule has 0 fully saturated rings. The Morgan fingerprint density at radius 3 is 1.85 bits per heavy atom. The van der Waals surface area contributed by atoms with Gasteiger partial charge in [0.1, 0.15) is 6.17 Å². The molecule has 27 heavy (non-hydrogen) atoms. The summed E-state index contributed by atoms with van der Waals surface area (Å²) in [4.78, 5) is 12.4. The summed E-state index contributed by atoms with van der Waals surface area (Å²) in [5, 5.41) is 9.31. The Hall–Kier alpha value is -1.39. The minimum Gasteiger partial charge on any atom is -0.323 e. The molecule has 0 aliphatic heterocycles. The van der Waals surface area contributed by atoms with Crippen molar-refractivity contribution in [3.05, 3.63) is 28.8 Å². The van der Waals surface area contributed by atoms with Crippen molar-refractivity contribution in [2.75, 3.05) is 18.9 Å². The third kappa shape index (κ3) is 12.6. The molecule has 1 aromatic carbocycles. The van der Waals surface area contributed by atoms with E-state index in [1.165, 1.54) is 31.2 Å². The normalized spacial score (nSPS) is 10.9. The summed E-state index contributed by atoms with van der Waals surface area (Å²) in [6, 6.07) is 4.18. The number of unbranched alkanes of at least 4 members (excludes halogenated alkanes) is 3. The van der Waals surface area contributed by atoms with Crippen molar-refractivity contribution in [1.29, 1.82) is 0 Å². The predicted octanol–water partition coefficient (Wildman–Crippen LogP) is 5.71. The molecule has 0 saturated carbocycles. The molecule has 1 amide bonds. The molecule has 4 nitrogen and oxygen atoms in total. The van der Waals surface area contributed by atoms with Gasteiger partial charge in [-0.3, -0.25) is 15.4 Å². The van der Waals surface area contributed by atoms with E-state index in [9.17, 15) is 4.79 Å². The molecule has 0 saturated heterocycles. The molecule has 1 atom stereocenters. The van der Waals surface area contributed by atoms with Crippen LogP contribution in [0, 0.1) is 20.8 Å². The molecule has 0 aliphatic rings. The Balaban J connectivity index is 0. The van der Waals surface area contributed by atoms with E-state index in [0.29, 0.717) is 0 Å². The maximum atomic E-state index is 12.4. The Bertz CT molecular complexity index is 475. The maximum Gasteiger partial charge on any atom is 0.256 e. The first kappa shape index (κ1) is 27.8. The summed E-state index contributed by atoms with van der Waals surface area (Å²) in [6.07, 6.45) is 5.73. The topological polar surface area (TPSA) is 53.2 Å². The number of likely N-dealkylation sites (N-methyl/N-ethyl adjacent to an activating group) is 1. The van der Waals surface area contributed by atoms with E-state index < -0.39 is 0 Å². The molecular weight excluding hydrogens is 334 g/mol. The Morgan fingerprint density at radius 1 is 0.926 bits per heavy atom. The molecule has 1 unspecified atom stereocenters. The highest BCUT2D eigenvalue weighted by Crippen LogP contribution is 2.21. The van der Waals surface area contributed by atoms with Crippen LogP contribution in [0.3, 0.4) is 0 Å². The number of carbonyl (C=O) groups excluding carboxylic acids is 1. The van der Waals surface area contributed by atoms with Crippen molar-refractivity contribution in [2.45, 2.75) is 93.7 Å². The van der Waals surface area contributed by atoms with Gasteiger partial charge in [0.05, 0.1) is 0 Å². The van der Waals surface area contributed by atoms with Crippen LogP contribution >= 0.6 is 0 Å². The zero-order valence-electron chi connectivity index (χ0n) is 19.4. The number of anilines is 1. The number of benzene rings is 1. The van der Waals surface area contributed by atoms with Gasteiger partial charge in [-0.05, 0) is 51.9 Å². The number of aryl methyl sites for hydroxylation is 3. The molecule has 1 aromatic rings. The van der Waals surface area contributed by atoms with Crippen LogP contribution in [0.15, 0.2) is 12.1 Å². The lowest BCUT2D eigenvalue weighted by atomic mass is 10.1. The first-order valence-electron chi connectivity index (χ1n) is 10.7. The molecule has 158 valence electrons. The van der Waals surface area contributed by atoms with Crippen molar-refractivity contribution >= 4 is 11.6 Å². The molecule has 3 N–H and O–H groups in total. The molecule has 4 heteroatoms. The molecule has 1 rings (SSSR count). The van der Waals surface area contributed by atoms with Crippen LogP contribution in [0.25, 0.3) is 0 Å². The SMILES string of the molecule is CC.CCCC.CCCCCNC(NC)C(=O)Nc1c(C)cc(C)cc1C. The van der Waals surface area contributed by atoms with Crippen molar-refractivity contribution in [1.82, 2.24) is 10.6 Å². The van der Waals surface area contributed by atoms with Gasteiger partial charge in [0.2, 0.25) is 0 Å². The number of carbonyl (C=O) groups is 1. The summed E-state index contributed by atoms with van der Waals surface area (Å²) in [5.74, 6) is -0.0379. The number of hydrogen-bond acceptors (Lipinski definition) is 3. The van der Waals surface area contributed by atoms with Gasteiger partial charge in [-0.15, -0.1) is 0 Å². The smallest absolute Gasteiger partial charge is 0.256 e. The molecule has 0 aromatic heterocycles. The van der Waals surface area contributed by atoms with Crippen molar-refractivity contribution < 1.29 is 4.79 Å². The second-order valence-corrected chi connectivity index (χ2v) is 6.65. The number of hydrogen-bond donors (Lipinski definition) is 3. The molecule has 0 heterocycles. The lowest BCUT2D eigenvalue weighted by molar-refractivity contribution is -0.118. The average molecular weight is 380 g/mol. The van der Waals surface area contributed by atoms with E-state index >= 15 is 0 Å². The van der Waals surface area contributed by atoms with Gasteiger partial charge < -0.3 is 5.32 Å².